The van der Waals surface area contributed by atoms with E-state index in [9.17, 15) is 0 Å². The van der Waals surface area contributed by atoms with Crippen LogP contribution in [0.3, 0.4) is 0 Å². The maximum Gasteiger partial charge on any atom is 0 e. The molecule has 0 aromatic carbocycles. The molecule has 4 heavy (non-hydrogen) atoms. The Balaban J connectivity index is 0. The smallest absolute Gasteiger partial charge is 0 e. The van der Waals surface area contributed by atoms with Crippen LogP contribution in [0.4, 0.5) is 0 Å². The molecule has 0 fully saturated rings. The van der Waals surface area contributed by atoms with E-state index in [0.717, 1.165) is 0 Å². The van der Waals surface area contributed by atoms with Crippen LogP contribution in [0.25, 0.3) is 0 Å². The summed E-state index contributed by atoms with van der Waals surface area (Å²) < 4.78 is 0. The summed E-state index contributed by atoms with van der Waals surface area (Å²) in [7, 11) is 0. The monoisotopic (exact) mass is 463 g/mol. The van der Waals surface area contributed by atoms with Gasteiger partial charge in [-0.1, -0.05) is 0 Å². The molecule has 4 heteroatoms. The van der Waals surface area contributed by atoms with Gasteiger partial charge in [-0.2, -0.15) is 0 Å². The molecule has 0 aliphatic rings. The average molecular weight is 460 g/mol. The van der Waals surface area contributed by atoms with Crippen molar-refractivity contribution in [3.8, 4) is 0 Å². The van der Waals surface area contributed by atoms with Crippen LogP contribution in [0, 0.1) is 0 Å². The standard InChI is InChI=1S/Ir.Ru.Sn.Ti. The van der Waals surface area contributed by atoms with Gasteiger partial charge in [-0.25, -0.2) is 0 Å². The van der Waals surface area contributed by atoms with Crippen LogP contribution in [0.2, 0.25) is 0 Å². The molecule has 0 unspecified atom stereocenters. The fourth-order valence-electron chi connectivity index (χ4n) is 0. The quantitative estimate of drug-likeness (QED) is 0.433. The maximum atomic E-state index is 0. The second kappa shape index (κ2) is 17.1. The molecular formula is IrRuSnTi. The summed E-state index contributed by atoms with van der Waals surface area (Å²) in [6.45, 7) is 0. The molecule has 0 rings (SSSR count). The molecule has 0 aliphatic heterocycles. The van der Waals surface area contributed by atoms with Crippen LogP contribution in [0.15, 0.2) is 0 Å². The van der Waals surface area contributed by atoms with Crippen molar-refractivity contribution in [1.82, 2.24) is 0 Å². The molecule has 0 aromatic rings. The van der Waals surface area contributed by atoms with Gasteiger partial charge in [0.15, 0.2) is 0 Å². The first-order chi connectivity index (χ1) is 0. The second-order valence-electron chi connectivity index (χ2n) is 0. The van der Waals surface area contributed by atoms with E-state index < -0.39 is 0 Å². The SMILES string of the molecule is [Ir].[Ru].[Sn].[Ti]. The third-order valence-electron chi connectivity index (χ3n) is 0. The molecule has 0 aromatic heterocycles. The average Bonchev–Trinajstić information content (AvgIpc) is 0. The first-order valence-corrected chi connectivity index (χ1v) is 0. The number of hydrogen-bond donors (Lipinski definition) is 0. The van der Waals surface area contributed by atoms with Gasteiger partial charge in [0.05, 0.1) is 0 Å². The van der Waals surface area contributed by atoms with Crippen LogP contribution in [0.1, 0.15) is 0 Å². The minimum Gasteiger partial charge on any atom is 0 e. The van der Waals surface area contributed by atoms with Crippen LogP contribution in [0.5, 0.6) is 0 Å². The molecule has 0 atom stereocenters. The molecule has 0 heterocycles. The van der Waals surface area contributed by atoms with Gasteiger partial charge < -0.3 is 0 Å². The third-order valence-corrected chi connectivity index (χ3v) is 0. The fraction of sp³-hybridized carbons (Fsp3) is 0. The summed E-state index contributed by atoms with van der Waals surface area (Å²) >= 11 is 0. The molecule has 0 spiro atoms. The number of rotatable bonds is 0. The van der Waals surface area contributed by atoms with Gasteiger partial charge >= 0.3 is 0 Å². The van der Waals surface area contributed by atoms with Gasteiger partial charge in [0, 0.05) is 85.2 Å². The summed E-state index contributed by atoms with van der Waals surface area (Å²) in [6, 6.07) is 0. The number of hydrogen-bond acceptors (Lipinski definition) is 0. The zero-order valence-electron chi connectivity index (χ0n) is 1.69. The van der Waals surface area contributed by atoms with Gasteiger partial charge in [0.25, 0.3) is 0 Å². The van der Waals surface area contributed by atoms with Crippen LogP contribution in [-0.2, 0) is 61.3 Å². The van der Waals surface area contributed by atoms with Gasteiger partial charge in [-0.3, -0.25) is 0 Å². The van der Waals surface area contributed by atoms with Crippen molar-refractivity contribution >= 4 is 23.9 Å². The first-order valence-electron chi connectivity index (χ1n) is 0. The minimum atomic E-state index is 0. The fourth-order valence-corrected chi connectivity index (χ4v) is 0. The largest absolute Gasteiger partial charge is 0 e. The Morgan fingerprint density at radius 3 is 1.00 bits per heavy atom. The molecule has 0 saturated carbocycles. The Hall–Kier alpha value is 2.79. The molecule has 0 amide bonds. The van der Waals surface area contributed by atoms with Gasteiger partial charge in [0.1, 0.15) is 0 Å². The molecule has 0 saturated heterocycles. The predicted molar refractivity (Wildman–Crippen MR) is 5.75 cm³/mol. The Morgan fingerprint density at radius 2 is 1.00 bits per heavy atom. The second-order valence-corrected chi connectivity index (χ2v) is 0. The molecule has 0 N–H and O–H groups in total. The van der Waals surface area contributed by atoms with E-state index in [4.69, 9.17) is 0 Å². The van der Waals surface area contributed by atoms with Crippen molar-refractivity contribution in [3.63, 3.8) is 0 Å². The molecular weight excluding hydrogens is 460 g/mol. The minimum absolute atomic E-state index is 0. The predicted octanol–water partition coefficient (Wildman–Crippen LogP) is -0.388. The molecule has 0 bridgehead atoms. The van der Waals surface area contributed by atoms with Crippen molar-refractivity contribution in [1.29, 1.82) is 0 Å². The topological polar surface area (TPSA) is 0 Å². The van der Waals surface area contributed by atoms with Crippen molar-refractivity contribution < 1.29 is 61.3 Å². The normalized spacial score (nSPS) is 0. The zero-order valence-corrected chi connectivity index (χ0v) is 10.2. The Labute approximate surface area is 83.8 Å². The van der Waals surface area contributed by atoms with Gasteiger partial charge in [-0.05, 0) is 0 Å². The molecule has 0 aliphatic carbocycles. The Bertz CT molecular complexity index is 8.00. The van der Waals surface area contributed by atoms with E-state index in [1.807, 2.05) is 0 Å². The van der Waals surface area contributed by atoms with E-state index in [0.29, 0.717) is 0 Å². The van der Waals surface area contributed by atoms with Crippen LogP contribution < -0.4 is 0 Å². The Morgan fingerprint density at radius 1 is 1.00 bits per heavy atom. The van der Waals surface area contributed by atoms with Crippen molar-refractivity contribution in [3.05, 3.63) is 0 Å². The van der Waals surface area contributed by atoms with Gasteiger partial charge in [-0.15, -0.1) is 0 Å². The molecule has 0 nitrogen and oxygen atoms in total. The molecule has 25 valence electrons. The third kappa shape index (κ3) is 8.84. The van der Waals surface area contributed by atoms with E-state index in [2.05, 4.69) is 0 Å². The van der Waals surface area contributed by atoms with E-state index in [1.54, 1.807) is 0 Å². The van der Waals surface area contributed by atoms with Crippen molar-refractivity contribution in [2.45, 2.75) is 0 Å². The Kier molecular flexibility index (Phi) is 125. The van der Waals surface area contributed by atoms with Gasteiger partial charge in [0.2, 0.25) is 0 Å². The van der Waals surface area contributed by atoms with Crippen molar-refractivity contribution in [2.75, 3.05) is 0 Å². The van der Waals surface area contributed by atoms with Crippen molar-refractivity contribution in [2.24, 2.45) is 0 Å². The first kappa shape index (κ1) is 29.3. The summed E-state index contributed by atoms with van der Waals surface area (Å²) in [5.74, 6) is 0. The summed E-state index contributed by atoms with van der Waals surface area (Å²) in [5.41, 5.74) is 0. The summed E-state index contributed by atoms with van der Waals surface area (Å²) in [5, 5.41) is 0. The summed E-state index contributed by atoms with van der Waals surface area (Å²) in [4.78, 5) is 0. The van der Waals surface area contributed by atoms with E-state index in [-0.39, 0.29) is 85.2 Å². The van der Waals surface area contributed by atoms with E-state index in [1.165, 1.54) is 0 Å². The van der Waals surface area contributed by atoms with Crippen LogP contribution in [-0.4, -0.2) is 23.9 Å². The zero-order chi connectivity index (χ0) is 0. The van der Waals surface area contributed by atoms with E-state index >= 15 is 0 Å². The summed E-state index contributed by atoms with van der Waals surface area (Å²) in [6.07, 6.45) is 0. The maximum absolute atomic E-state index is 0. The van der Waals surface area contributed by atoms with Crippen LogP contribution >= 0.6 is 0 Å². The molecule has 5 radical (unpaired) electrons.